The van der Waals surface area contributed by atoms with E-state index in [-0.39, 0.29) is 35.2 Å². The predicted octanol–water partition coefficient (Wildman–Crippen LogP) is 3.72. The molecule has 1 aliphatic rings. The van der Waals surface area contributed by atoms with Crippen molar-refractivity contribution in [3.63, 3.8) is 0 Å². The first kappa shape index (κ1) is 20.4. The number of sulfone groups is 1. The Bertz CT molecular complexity index is 881. The first-order chi connectivity index (χ1) is 12.9. The van der Waals surface area contributed by atoms with Gasteiger partial charge in [0.15, 0.2) is 14.2 Å². The lowest BCUT2D eigenvalue weighted by Crippen LogP contribution is -2.47. The third kappa shape index (κ3) is 5.12. The summed E-state index contributed by atoms with van der Waals surface area (Å²) in [4.78, 5) is 19.3. The summed E-state index contributed by atoms with van der Waals surface area (Å²) in [6.45, 7) is 4.01. The fourth-order valence-electron chi connectivity index (χ4n) is 3.26. The molecule has 0 aliphatic carbocycles. The van der Waals surface area contributed by atoms with Crippen LogP contribution < -0.4 is 0 Å². The summed E-state index contributed by atoms with van der Waals surface area (Å²) in [6.07, 6.45) is 1.35. The number of thiazole rings is 1. The number of benzene rings is 1. The van der Waals surface area contributed by atoms with E-state index >= 15 is 0 Å². The van der Waals surface area contributed by atoms with Gasteiger partial charge in [0.05, 0.1) is 23.0 Å². The number of carbonyl (C=O) groups excluding carboxylic acids is 1. The first-order valence-corrected chi connectivity index (χ1v) is 12.7. The van der Waals surface area contributed by atoms with Gasteiger partial charge < -0.3 is 4.90 Å². The summed E-state index contributed by atoms with van der Waals surface area (Å²) in [5.41, 5.74) is 1.97. The van der Waals surface area contributed by atoms with E-state index in [1.54, 1.807) is 4.90 Å². The van der Waals surface area contributed by atoms with Crippen molar-refractivity contribution in [1.29, 1.82) is 0 Å². The minimum atomic E-state index is -3.02. The Morgan fingerprint density at radius 2 is 2.11 bits per heavy atom. The Kier molecular flexibility index (Phi) is 6.60. The molecule has 27 heavy (non-hydrogen) atoms. The van der Waals surface area contributed by atoms with Gasteiger partial charge in [-0.3, -0.25) is 4.79 Å². The molecular formula is C19H24N2O3S3. The molecular weight excluding hydrogens is 400 g/mol. The highest BCUT2D eigenvalue weighted by molar-refractivity contribution is 8.01. The number of hydrogen-bond acceptors (Lipinski definition) is 6. The molecule has 1 aliphatic heterocycles. The van der Waals surface area contributed by atoms with E-state index in [9.17, 15) is 13.2 Å². The van der Waals surface area contributed by atoms with Crippen molar-refractivity contribution in [2.24, 2.45) is 0 Å². The number of carbonyl (C=O) groups is 1. The van der Waals surface area contributed by atoms with Gasteiger partial charge in [0.25, 0.3) is 0 Å². The molecule has 1 amide bonds. The van der Waals surface area contributed by atoms with E-state index in [0.29, 0.717) is 6.42 Å². The molecule has 3 rings (SSSR count). The van der Waals surface area contributed by atoms with Gasteiger partial charge in [0, 0.05) is 23.0 Å². The van der Waals surface area contributed by atoms with E-state index in [2.05, 4.69) is 4.98 Å². The maximum atomic E-state index is 12.9. The van der Waals surface area contributed by atoms with Crippen molar-refractivity contribution < 1.29 is 13.2 Å². The van der Waals surface area contributed by atoms with Gasteiger partial charge >= 0.3 is 0 Å². The summed E-state index contributed by atoms with van der Waals surface area (Å²) in [7, 11) is -3.02. The van der Waals surface area contributed by atoms with E-state index in [0.717, 1.165) is 22.0 Å². The summed E-state index contributed by atoms with van der Waals surface area (Å²) < 4.78 is 24.5. The largest absolute Gasteiger partial charge is 0.335 e. The van der Waals surface area contributed by atoms with Crippen molar-refractivity contribution >= 4 is 38.8 Å². The van der Waals surface area contributed by atoms with Crippen molar-refractivity contribution in [1.82, 2.24) is 9.88 Å². The van der Waals surface area contributed by atoms with Gasteiger partial charge in [0.2, 0.25) is 5.91 Å². The van der Waals surface area contributed by atoms with Gasteiger partial charge in [-0.05, 0) is 19.8 Å². The Balaban J connectivity index is 1.65. The molecule has 0 bridgehead atoms. The van der Waals surface area contributed by atoms with Crippen LogP contribution in [-0.2, 0) is 14.6 Å². The van der Waals surface area contributed by atoms with E-state index in [1.807, 2.05) is 49.6 Å². The summed E-state index contributed by atoms with van der Waals surface area (Å²) in [6, 6.07) is 9.79. The zero-order valence-corrected chi connectivity index (χ0v) is 17.9. The standard InChI is InChI=1S/C19H24N2O3S3/c1-3-14(2)21(16-9-10-27(23,24)13-16)18(22)12-26-19-20-17(11-25-19)15-7-5-4-6-8-15/h4-8,11,14,16H,3,9-10,12-13H2,1-2H3/t14-,16-/m0/s1. The lowest BCUT2D eigenvalue weighted by molar-refractivity contribution is -0.132. The van der Waals surface area contributed by atoms with Gasteiger partial charge in [-0.15, -0.1) is 11.3 Å². The molecule has 1 fully saturated rings. The molecule has 0 N–H and O–H groups in total. The highest BCUT2D eigenvalue weighted by atomic mass is 32.2. The maximum absolute atomic E-state index is 12.9. The van der Waals surface area contributed by atoms with Gasteiger partial charge in [-0.25, -0.2) is 13.4 Å². The number of hydrogen-bond donors (Lipinski definition) is 0. The molecule has 1 aromatic heterocycles. The molecule has 2 atom stereocenters. The molecule has 8 heteroatoms. The molecule has 0 saturated carbocycles. The van der Waals surface area contributed by atoms with Crippen molar-refractivity contribution in [3.05, 3.63) is 35.7 Å². The molecule has 0 spiro atoms. The minimum Gasteiger partial charge on any atom is -0.335 e. The molecule has 146 valence electrons. The smallest absolute Gasteiger partial charge is 0.233 e. The Morgan fingerprint density at radius 1 is 1.37 bits per heavy atom. The summed E-state index contributed by atoms with van der Waals surface area (Å²) in [5.74, 6) is 0.539. The Morgan fingerprint density at radius 3 is 2.74 bits per heavy atom. The quantitative estimate of drug-likeness (QED) is 0.634. The van der Waals surface area contributed by atoms with Crippen molar-refractivity contribution in [2.75, 3.05) is 17.3 Å². The van der Waals surface area contributed by atoms with Gasteiger partial charge in [-0.1, -0.05) is 49.0 Å². The lowest BCUT2D eigenvalue weighted by Gasteiger charge is -2.33. The fourth-order valence-corrected chi connectivity index (χ4v) is 6.68. The average Bonchev–Trinajstić information content (AvgIpc) is 3.27. The zero-order chi connectivity index (χ0) is 19.4. The van der Waals surface area contributed by atoms with Crippen molar-refractivity contribution in [2.45, 2.75) is 43.1 Å². The molecule has 2 aromatic rings. The van der Waals surface area contributed by atoms with Crippen LogP contribution in [0.3, 0.4) is 0 Å². The number of aromatic nitrogens is 1. The highest BCUT2D eigenvalue weighted by Gasteiger charge is 2.36. The van der Waals surface area contributed by atoms with Crippen molar-refractivity contribution in [3.8, 4) is 11.3 Å². The van der Waals surface area contributed by atoms with Crippen LogP contribution in [0, 0.1) is 0 Å². The molecule has 5 nitrogen and oxygen atoms in total. The van der Waals surface area contributed by atoms with Crippen LogP contribution in [0.5, 0.6) is 0 Å². The SMILES string of the molecule is CC[C@H](C)N(C(=O)CSc1nc(-c2ccccc2)cs1)[C@H]1CCS(=O)(=O)C1. The molecule has 1 aromatic carbocycles. The summed E-state index contributed by atoms with van der Waals surface area (Å²) in [5, 5.41) is 2.00. The molecule has 1 saturated heterocycles. The third-order valence-corrected chi connectivity index (χ3v) is 8.58. The van der Waals surface area contributed by atoms with E-state index < -0.39 is 9.84 Å². The normalized spacial score (nSPS) is 19.7. The maximum Gasteiger partial charge on any atom is 0.233 e. The second-order valence-electron chi connectivity index (χ2n) is 6.77. The topological polar surface area (TPSA) is 67.3 Å². The average molecular weight is 425 g/mol. The van der Waals surface area contributed by atoms with Crippen LogP contribution in [0.25, 0.3) is 11.3 Å². The Labute approximate surface area is 169 Å². The van der Waals surface area contributed by atoms with Crippen LogP contribution in [-0.4, -0.2) is 53.6 Å². The fraction of sp³-hybridized carbons (Fsp3) is 0.474. The minimum absolute atomic E-state index is 0.00656. The third-order valence-electron chi connectivity index (χ3n) is 4.83. The van der Waals surface area contributed by atoms with E-state index in [4.69, 9.17) is 0 Å². The highest BCUT2D eigenvalue weighted by Crippen LogP contribution is 2.29. The van der Waals surface area contributed by atoms with E-state index in [1.165, 1.54) is 23.1 Å². The lowest BCUT2D eigenvalue weighted by atomic mass is 10.1. The second kappa shape index (κ2) is 8.75. The predicted molar refractivity (Wildman–Crippen MR) is 112 cm³/mol. The van der Waals surface area contributed by atoms with Crippen LogP contribution in [0.2, 0.25) is 0 Å². The zero-order valence-electron chi connectivity index (χ0n) is 15.5. The molecule has 0 unspecified atom stereocenters. The van der Waals surface area contributed by atoms with Crippen LogP contribution in [0.4, 0.5) is 0 Å². The second-order valence-corrected chi connectivity index (χ2v) is 11.1. The molecule has 0 radical (unpaired) electrons. The number of rotatable bonds is 7. The van der Waals surface area contributed by atoms with Crippen LogP contribution >= 0.6 is 23.1 Å². The number of thioether (sulfide) groups is 1. The Hall–Kier alpha value is -1.38. The first-order valence-electron chi connectivity index (χ1n) is 9.05. The van der Waals surface area contributed by atoms with Gasteiger partial charge in [-0.2, -0.15) is 0 Å². The molecule has 2 heterocycles. The van der Waals surface area contributed by atoms with Crippen LogP contribution in [0.1, 0.15) is 26.7 Å². The monoisotopic (exact) mass is 424 g/mol. The van der Waals surface area contributed by atoms with Crippen LogP contribution in [0.15, 0.2) is 40.1 Å². The number of amides is 1. The summed E-state index contributed by atoms with van der Waals surface area (Å²) >= 11 is 2.96. The number of nitrogens with zero attached hydrogens (tertiary/aromatic N) is 2. The van der Waals surface area contributed by atoms with Gasteiger partial charge in [0.1, 0.15) is 0 Å².